The predicted molar refractivity (Wildman–Crippen MR) is 114 cm³/mol. The second-order valence-electron chi connectivity index (χ2n) is 6.61. The zero-order valence-electron chi connectivity index (χ0n) is 15.4. The van der Waals surface area contributed by atoms with Crippen molar-refractivity contribution in [2.24, 2.45) is 0 Å². The van der Waals surface area contributed by atoms with E-state index >= 15 is 0 Å². The summed E-state index contributed by atoms with van der Waals surface area (Å²) >= 11 is 12.5. The molecule has 7 heteroatoms. The van der Waals surface area contributed by atoms with Gasteiger partial charge in [0.25, 0.3) is 0 Å². The van der Waals surface area contributed by atoms with Gasteiger partial charge in [-0.2, -0.15) is 0 Å². The van der Waals surface area contributed by atoms with Crippen molar-refractivity contribution in [3.63, 3.8) is 0 Å². The fourth-order valence-electron chi connectivity index (χ4n) is 3.54. The van der Waals surface area contributed by atoms with E-state index in [4.69, 9.17) is 32.9 Å². The summed E-state index contributed by atoms with van der Waals surface area (Å²) in [5.41, 5.74) is 3.72. The lowest BCUT2D eigenvalue weighted by molar-refractivity contribution is -0.117. The number of carbonyl (C=O) groups is 1. The molecule has 1 aliphatic rings. The number of methoxy groups -OCH3 is 1. The lowest BCUT2D eigenvalue weighted by Gasteiger charge is -2.30. The van der Waals surface area contributed by atoms with Crippen LogP contribution in [0.2, 0.25) is 10.0 Å². The van der Waals surface area contributed by atoms with Gasteiger partial charge in [-0.1, -0.05) is 35.3 Å². The smallest absolute Gasteiger partial charge is 0.211 e. The number of hydrogen-bond donors (Lipinski definition) is 0. The Bertz CT molecular complexity index is 1070. The molecule has 28 heavy (non-hydrogen) atoms. The van der Waals surface area contributed by atoms with Crippen molar-refractivity contribution >= 4 is 57.7 Å². The van der Waals surface area contributed by atoms with Crippen LogP contribution >= 0.6 is 23.2 Å². The molecule has 2 heterocycles. The molecule has 0 atom stereocenters. The zero-order chi connectivity index (χ0) is 19.7. The lowest BCUT2D eigenvalue weighted by atomic mass is 10.1. The third-order valence-corrected chi connectivity index (χ3v) is 5.26. The van der Waals surface area contributed by atoms with Crippen LogP contribution in [0.1, 0.15) is 12.0 Å². The van der Waals surface area contributed by atoms with Gasteiger partial charge in [0.2, 0.25) is 5.95 Å². The van der Waals surface area contributed by atoms with Crippen LogP contribution in [0.4, 0.5) is 11.6 Å². The molecule has 0 radical (unpaired) electrons. The average Bonchev–Trinajstić information content (AvgIpc) is 3.06. The van der Waals surface area contributed by atoms with Crippen LogP contribution in [0.5, 0.6) is 0 Å². The fourth-order valence-corrected chi connectivity index (χ4v) is 4.05. The van der Waals surface area contributed by atoms with E-state index in [0.29, 0.717) is 10.0 Å². The molecule has 5 nitrogen and oxygen atoms in total. The first-order valence-electron chi connectivity index (χ1n) is 9.00. The third-order valence-electron chi connectivity index (χ3n) is 4.72. The molecule has 0 saturated heterocycles. The molecule has 0 saturated carbocycles. The molecular weight excluding hydrogens is 397 g/mol. The summed E-state index contributed by atoms with van der Waals surface area (Å²) in [4.78, 5) is 18.8. The largest absolute Gasteiger partial charge is 0.377 e. The number of aromatic nitrogens is 2. The first-order chi connectivity index (χ1) is 13.6. The van der Waals surface area contributed by atoms with E-state index in [9.17, 15) is 4.79 Å². The van der Waals surface area contributed by atoms with Crippen molar-refractivity contribution in [3.8, 4) is 0 Å². The SMILES string of the molecule is COCC(=O)/C=C/c1cccc2nc3n(c12)CCCN3c1ccc(Cl)cc1Cl. The van der Waals surface area contributed by atoms with Gasteiger partial charge < -0.3 is 14.2 Å². The molecule has 144 valence electrons. The number of halogens is 2. The third kappa shape index (κ3) is 3.53. The highest BCUT2D eigenvalue weighted by Crippen LogP contribution is 2.38. The minimum atomic E-state index is -0.0764. The molecular formula is C21H19Cl2N3O2. The Balaban J connectivity index is 1.80. The molecule has 0 amide bonds. The second kappa shape index (κ2) is 7.95. The number of para-hydroxylation sites is 1. The molecule has 0 N–H and O–H groups in total. The van der Waals surface area contributed by atoms with Crippen molar-refractivity contribution in [2.75, 3.05) is 25.2 Å². The molecule has 0 bridgehead atoms. The van der Waals surface area contributed by atoms with Gasteiger partial charge >= 0.3 is 0 Å². The van der Waals surface area contributed by atoms with Crippen LogP contribution in [0.25, 0.3) is 17.1 Å². The maximum atomic E-state index is 11.8. The van der Waals surface area contributed by atoms with Crippen molar-refractivity contribution in [3.05, 3.63) is 58.1 Å². The van der Waals surface area contributed by atoms with Crippen LogP contribution in [0, 0.1) is 0 Å². The Kier molecular flexibility index (Phi) is 5.40. The summed E-state index contributed by atoms with van der Waals surface area (Å²) in [6.07, 6.45) is 4.33. The number of fused-ring (bicyclic) bond motifs is 3. The molecule has 0 spiro atoms. The van der Waals surface area contributed by atoms with Gasteiger partial charge in [-0.15, -0.1) is 0 Å². The number of ketones is 1. The number of benzene rings is 2. The summed E-state index contributed by atoms with van der Waals surface area (Å²) in [7, 11) is 1.51. The molecule has 0 fully saturated rings. The van der Waals surface area contributed by atoms with Crippen LogP contribution in [-0.4, -0.2) is 35.6 Å². The maximum Gasteiger partial charge on any atom is 0.211 e. The van der Waals surface area contributed by atoms with E-state index in [1.54, 1.807) is 12.1 Å². The van der Waals surface area contributed by atoms with E-state index in [-0.39, 0.29) is 12.4 Å². The lowest BCUT2D eigenvalue weighted by Crippen LogP contribution is -2.28. The van der Waals surface area contributed by atoms with Crippen LogP contribution in [0.3, 0.4) is 0 Å². The quantitative estimate of drug-likeness (QED) is 0.542. The number of aryl methyl sites for hydroxylation is 1. The van der Waals surface area contributed by atoms with E-state index < -0.39 is 0 Å². The Labute approximate surface area is 173 Å². The van der Waals surface area contributed by atoms with E-state index in [1.807, 2.05) is 36.4 Å². The van der Waals surface area contributed by atoms with E-state index in [1.165, 1.54) is 7.11 Å². The predicted octanol–water partition coefficient (Wildman–Crippen LogP) is 5.11. The molecule has 1 aliphatic heterocycles. The summed E-state index contributed by atoms with van der Waals surface area (Å²) in [5, 5.41) is 1.20. The van der Waals surface area contributed by atoms with Crippen molar-refractivity contribution in [1.29, 1.82) is 0 Å². The summed E-state index contributed by atoms with van der Waals surface area (Å²) in [5.74, 6) is 0.766. The maximum absolute atomic E-state index is 11.8. The average molecular weight is 416 g/mol. The number of anilines is 2. The first kappa shape index (κ1) is 19.0. The van der Waals surface area contributed by atoms with Crippen LogP contribution < -0.4 is 4.90 Å². The first-order valence-corrected chi connectivity index (χ1v) is 9.76. The van der Waals surface area contributed by atoms with Crippen molar-refractivity contribution in [1.82, 2.24) is 9.55 Å². The van der Waals surface area contributed by atoms with Gasteiger partial charge in [0.15, 0.2) is 5.78 Å². The number of carbonyl (C=O) groups excluding carboxylic acids is 1. The summed E-state index contributed by atoms with van der Waals surface area (Å²) in [6.45, 7) is 1.74. The Hall–Kier alpha value is -2.34. The summed E-state index contributed by atoms with van der Waals surface area (Å²) in [6, 6.07) is 11.4. The number of ether oxygens (including phenoxy) is 1. The van der Waals surface area contributed by atoms with Gasteiger partial charge in [0.05, 0.1) is 21.7 Å². The van der Waals surface area contributed by atoms with Gasteiger partial charge in [-0.3, -0.25) is 4.79 Å². The Morgan fingerprint density at radius 3 is 2.89 bits per heavy atom. The van der Waals surface area contributed by atoms with Crippen molar-refractivity contribution in [2.45, 2.75) is 13.0 Å². The summed E-state index contributed by atoms with van der Waals surface area (Å²) < 4.78 is 7.08. The normalized spacial score (nSPS) is 14.0. The van der Waals surface area contributed by atoms with Gasteiger partial charge in [-0.05, 0) is 42.8 Å². The zero-order valence-corrected chi connectivity index (χ0v) is 16.9. The van der Waals surface area contributed by atoms with E-state index in [2.05, 4.69) is 9.47 Å². The fraction of sp³-hybridized carbons (Fsp3) is 0.238. The van der Waals surface area contributed by atoms with Crippen LogP contribution in [0.15, 0.2) is 42.5 Å². The Morgan fingerprint density at radius 2 is 2.11 bits per heavy atom. The minimum absolute atomic E-state index is 0.0693. The topological polar surface area (TPSA) is 47.4 Å². The number of hydrogen-bond acceptors (Lipinski definition) is 4. The van der Waals surface area contributed by atoms with Gasteiger partial charge in [0, 0.05) is 30.8 Å². The van der Waals surface area contributed by atoms with Gasteiger partial charge in [0.1, 0.15) is 6.61 Å². The highest BCUT2D eigenvalue weighted by Gasteiger charge is 2.25. The highest BCUT2D eigenvalue weighted by atomic mass is 35.5. The highest BCUT2D eigenvalue weighted by molar-refractivity contribution is 6.36. The van der Waals surface area contributed by atoms with Crippen LogP contribution in [-0.2, 0) is 16.1 Å². The molecule has 3 aromatic rings. The molecule has 2 aromatic carbocycles. The van der Waals surface area contributed by atoms with Crippen molar-refractivity contribution < 1.29 is 9.53 Å². The van der Waals surface area contributed by atoms with E-state index in [0.717, 1.165) is 47.7 Å². The minimum Gasteiger partial charge on any atom is -0.377 e. The number of rotatable bonds is 5. The Morgan fingerprint density at radius 1 is 1.25 bits per heavy atom. The second-order valence-corrected chi connectivity index (χ2v) is 7.46. The molecule has 0 unspecified atom stereocenters. The molecule has 1 aromatic heterocycles. The number of imidazole rings is 1. The number of nitrogens with zero attached hydrogens (tertiary/aromatic N) is 3. The van der Waals surface area contributed by atoms with Gasteiger partial charge in [-0.25, -0.2) is 4.98 Å². The molecule has 4 rings (SSSR count). The monoisotopic (exact) mass is 415 g/mol. The standard InChI is InChI=1S/C21H19Cl2N3O2/c1-28-13-16(27)8-6-14-4-2-5-18-20(14)26-11-3-10-25(21(26)24-18)19-9-7-15(22)12-17(19)23/h2,4-9,12H,3,10-11,13H2,1H3/b8-6+. The molecule has 0 aliphatic carbocycles.